The first-order valence-electron chi connectivity index (χ1n) is 7.13. The first-order chi connectivity index (χ1) is 9.44. The summed E-state index contributed by atoms with van der Waals surface area (Å²) >= 11 is 0. The van der Waals surface area contributed by atoms with Gasteiger partial charge in [0.05, 0.1) is 18.9 Å². The van der Waals surface area contributed by atoms with E-state index in [0.717, 1.165) is 6.42 Å². The van der Waals surface area contributed by atoms with Gasteiger partial charge in [-0.05, 0) is 32.7 Å². The zero-order chi connectivity index (χ0) is 14.9. The Balaban J connectivity index is 1.96. The number of carbonyl (C=O) groups excluding carboxylic acids is 3. The average Bonchev–Trinajstić information content (AvgIpc) is 3.19. The predicted molar refractivity (Wildman–Crippen MR) is 71.6 cm³/mol. The van der Waals surface area contributed by atoms with Crippen LogP contribution in [0.1, 0.15) is 33.1 Å². The molecule has 0 aromatic heterocycles. The molecule has 1 aliphatic heterocycles. The Hall–Kier alpha value is -1.43. The highest BCUT2D eigenvalue weighted by Crippen LogP contribution is 2.47. The summed E-state index contributed by atoms with van der Waals surface area (Å²) in [6.07, 6.45) is 1.96. The minimum Gasteiger partial charge on any atom is -0.468 e. The summed E-state index contributed by atoms with van der Waals surface area (Å²) in [5.74, 6) is -0.702. The summed E-state index contributed by atoms with van der Waals surface area (Å²) in [7, 11) is 1.34. The quantitative estimate of drug-likeness (QED) is 0.537. The van der Waals surface area contributed by atoms with Gasteiger partial charge >= 0.3 is 5.97 Å². The largest absolute Gasteiger partial charge is 0.468 e. The SMILES string of the molecule is CCCNC(C)(CCN1C(=O)C2CC2C1=O)C(=O)OC. The van der Waals surface area contributed by atoms with Crippen LogP contribution in [0.5, 0.6) is 0 Å². The van der Waals surface area contributed by atoms with Gasteiger partial charge in [-0.1, -0.05) is 6.92 Å². The summed E-state index contributed by atoms with van der Waals surface area (Å²) in [6.45, 7) is 4.71. The molecular weight excluding hydrogens is 260 g/mol. The van der Waals surface area contributed by atoms with Crippen LogP contribution in [0, 0.1) is 11.8 Å². The van der Waals surface area contributed by atoms with E-state index in [1.807, 2.05) is 6.92 Å². The molecule has 3 atom stereocenters. The standard InChI is InChI=1S/C14H22N2O4/c1-4-6-15-14(2,13(19)20-3)5-7-16-11(17)9-8-10(9)12(16)18/h9-10,15H,4-8H2,1-3H3. The number of nitrogens with zero attached hydrogens (tertiary/aromatic N) is 1. The van der Waals surface area contributed by atoms with Crippen molar-refractivity contribution in [3.8, 4) is 0 Å². The molecule has 6 heteroatoms. The number of likely N-dealkylation sites (tertiary alicyclic amines) is 1. The molecule has 0 spiro atoms. The Morgan fingerprint density at radius 2 is 2.00 bits per heavy atom. The van der Waals surface area contributed by atoms with Crippen molar-refractivity contribution < 1.29 is 19.1 Å². The number of piperidine rings is 1. The lowest BCUT2D eigenvalue weighted by Crippen LogP contribution is -2.52. The molecular formula is C14H22N2O4. The van der Waals surface area contributed by atoms with Gasteiger partial charge in [0.25, 0.3) is 0 Å². The van der Waals surface area contributed by atoms with Crippen molar-refractivity contribution in [1.82, 2.24) is 10.2 Å². The molecule has 0 radical (unpaired) electrons. The summed E-state index contributed by atoms with van der Waals surface area (Å²) in [5, 5.41) is 3.15. The molecule has 1 aliphatic carbocycles. The maximum Gasteiger partial charge on any atom is 0.325 e. The summed E-state index contributed by atoms with van der Waals surface area (Å²) in [6, 6.07) is 0. The van der Waals surface area contributed by atoms with Crippen LogP contribution in [0.4, 0.5) is 0 Å². The molecule has 6 nitrogen and oxygen atoms in total. The van der Waals surface area contributed by atoms with Gasteiger partial charge in [-0.2, -0.15) is 0 Å². The van der Waals surface area contributed by atoms with Gasteiger partial charge in [0.1, 0.15) is 5.54 Å². The predicted octanol–water partition coefficient (Wildman–Crippen LogP) is 0.313. The molecule has 2 rings (SSSR count). The molecule has 0 bridgehead atoms. The van der Waals surface area contributed by atoms with Crippen molar-refractivity contribution in [3.05, 3.63) is 0 Å². The fourth-order valence-corrected chi connectivity index (χ4v) is 2.69. The summed E-state index contributed by atoms with van der Waals surface area (Å²) in [5.41, 5.74) is -0.863. The molecule has 2 fully saturated rings. The topological polar surface area (TPSA) is 75.7 Å². The molecule has 1 heterocycles. The van der Waals surface area contributed by atoms with Crippen LogP contribution in [0.25, 0.3) is 0 Å². The molecule has 20 heavy (non-hydrogen) atoms. The summed E-state index contributed by atoms with van der Waals surface area (Å²) in [4.78, 5) is 37.0. The Morgan fingerprint density at radius 3 is 2.50 bits per heavy atom. The maximum atomic E-state index is 11.9. The number of imide groups is 1. The number of rotatable bonds is 7. The molecule has 2 amide bonds. The van der Waals surface area contributed by atoms with Crippen molar-refractivity contribution in [2.24, 2.45) is 11.8 Å². The molecule has 112 valence electrons. The van der Waals surface area contributed by atoms with Gasteiger partial charge < -0.3 is 10.1 Å². The average molecular weight is 282 g/mol. The molecule has 0 aromatic carbocycles. The van der Waals surface area contributed by atoms with Crippen LogP contribution in [0.2, 0.25) is 0 Å². The van der Waals surface area contributed by atoms with Gasteiger partial charge in [0.15, 0.2) is 0 Å². The second-order valence-corrected chi connectivity index (χ2v) is 5.78. The number of amides is 2. The van der Waals surface area contributed by atoms with E-state index in [1.165, 1.54) is 12.0 Å². The van der Waals surface area contributed by atoms with Crippen LogP contribution in [0.15, 0.2) is 0 Å². The molecule has 1 N–H and O–H groups in total. The van der Waals surface area contributed by atoms with Crippen molar-refractivity contribution in [1.29, 1.82) is 0 Å². The van der Waals surface area contributed by atoms with E-state index >= 15 is 0 Å². The second-order valence-electron chi connectivity index (χ2n) is 5.78. The van der Waals surface area contributed by atoms with E-state index in [9.17, 15) is 14.4 Å². The number of nitrogens with one attached hydrogen (secondary N) is 1. The number of ether oxygens (including phenoxy) is 1. The van der Waals surface area contributed by atoms with Crippen molar-refractivity contribution in [2.75, 3.05) is 20.2 Å². The van der Waals surface area contributed by atoms with Crippen LogP contribution >= 0.6 is 0 Å². The number of hydrogen-bond donors (Lipinski definition) is 1. The number of esters is 1. The van der Waals surface area contributed by atoms with Crippen LogP contribution in [-0.2, 0) is 19.1 Å². The van der Waals surface area contributed by atoms with Crippen LogP contribution < -0.4 is 5.32 Å². The molecule has 1 saturated heterocycles. The fraction of sp³-hybridized carbons (Fsp3) is 0.786. The molecule has 1 saturated carbocycles. The van der Waals surface area contributed by atoms with E-state index in [2.05, 4.69) is 5.32 Å². The van der Waals surface area contributed by atoms with E-state index < -0.39 is 5.54 Å². The van der Waals surface area contributed by atoms with E-state index in [1.54, 1.807) is 6.92 Å². The zero-order valence-electron chi connectivity index (χ0n) is 12.3. The highest BCUT2D eigenvalue weighted by Gasteiger charge is 2.58. The number of fused-ring (bicyclic) bond motifs is 1. The lowest BCUT2D eigenvalue weighted by molar-refractivity contribution is -0.150. The monoisotopic (exact) mass is 282 g/mol. The Kier molecular flexibility index (Phi) is 4.13. The third-order valence-corrected chi connectivity index (χ3v) is 4.19. The van der Waals surface area contributed by atoms with Gasteiger partial charge in [0, 0.05) is 6.54 Å². The normalized spacial score (nSPS) is 27.2. The van der Waals surface area contributed by atoms with Crippen molar-refractivity contribution in [3.63, 3.8) is 0 Å². The maximum absolute atomic E-state index is 11.9. The minimum atomic E-state index is -0.863. The highest BCUT2D eigenvalue weighted by molar-refractivity contribution is 6.08. The van der Waals surface area contributed by atoms with Gasteiger partial charge in [-0.25, -0.2) is 0 Å². The third-order valence-electron chi connectivity index (χ3n) is 4.19. The number of hydrogen-bond acceptors (Lipinski definition) is 5. The first kappa shape index (κ1) is 15.0. The lowest BCUT2D eigenvalue weighted by Gasteiger charge is -2.29. The number of methoxy groups -OCH3 is 1. The molecule has 3 unspecified atom stereocenters. The smallest absolute Gasteiger partial charge is 0.325 e. The van der Waals surface area contributed by atoms with Crippen molar-refractivity contribution >= 4 is 17.8 Å². The van der Waals surface area contributed by atoms with E-state index in [0.29, 0.717) is 19.4 Å². The van der Waals surface area contributed by atoms with Crippen LogP contribution in [-0.4, -0.2) is 48.4 Å². The minimum absolute atomic E-state index is 0.0808. The first-order valence-corrected chi connectivity index (χ1v) is 7.13. The lowest BCUT2D eigenvalue weighted by atomic mass is 9.97. The summed E-state index contributed by atoms with van der Waals surface area (Å²) < 4.78 is 4.82. The van der Waals surface area contributed by atoms with Crippen molar-refractivity contribution in [2.45, 2.75) is 38.6 Å². The van der Waals surface area contributed by atoms with E-state index in [-0.39, 0.29) is 36.2 Å². The van der Waals surface area contributed by atoms with Gasteiger partial charge in [-0.15, -0.1) is 0 Å². The molecule has 2 aliphatic rings. The third kappa shape index (κ3) is 2.57. The Labute approximate surface area is 118 Å². The van der Waals surface area contributed by atoms with E-state index in [4.69, 9.17) is 4.74 Å². The van der Waals surface area contributed by atoms with Gasteiger partial charge in [0.2, 0.25) is 11.8 Å². The zero-order valence-corrected chi connectivity index (χ0v) is 12.3. The highest BCUT2D eigenvalue weighted by atomic mass is 16.5. The number of carbonyl (C=O) groups is 3. The Bertz CT molecular complexity index is 417. The fourth-order valence-electron chi connectivity index (χ4n) is 2.69. The van der Waals surface area contributed by atoms with Crippen LogP contribution in [0.3, 0.4) is 0 Å². The molecule has 0 aromatic rings. The van der Waals surface area contributed by atoms with Gasteiger partial charge in [-0.3, -0.25) is 19.3 Å². The second kappa shape index (κ2) is 5.52. The Morgan fingerprint density at radius 1 is 1.40 bits per heavy atom.